The van der Waals surface area contributed by atoms with Gasteiger partial charge < -0.3 is 10.2 Å². The van der Waals surface area contributed by atoms with E-state index in [2.05, 4.69) is 20.8 Å². The molecule has 9 nitrogen and oxygen atoms in total. The van der Waals surface area contributed by atoms with Crippen molar-refractivity contribution in [2.45, 2.75) is 25.4 Å². The minimum Gasteiger partial charge on any atom is -0.340 e. The Kier molecular flexibility index (Phi) is 4.73. The summed E-state index contributed by atoms with van der Waals surface area (Å²) in [5, 5.41) is 13.2. The molecule has 1 fully saturated rings. The number of carbonyl (C=O) groups is 3. The lowest BCUT2D eigenvalue weighted by atomic mass is 10.1. The van der Waals surface area contributed by atoms with E-state index in [1.807, 2.05) is 30.3 Å². The lowest BCUT2D eigenvalue weighted by Gasteiger charge is -2.16. The molecule has 0 radical (unpaired) electrons. The van der Waals surface area contributed by atoms with Crippen LogP contribution < -0.4 is 10.6 Å². The van der Waals surface area contributed by atoms with Gasteiger partial charge in [-0.15, -0.1) is 0 Å². The lowest BCUT2D eigenvalue weighted by molar-refractivity contribution is -0.130. The van der Waals surface area contributed by atoms with E-state index in [1.54, 1.807) is 13.2 Å². The molecule has 0 bridgehead atoms. The van der Waals surface area contributed by atoms with Gasteiger partial charge in [-0.3, -0.25) is 14.9 Å². The average molecular weight is 342 g/mol. The van der Waals surface area contributed by atoms with E-state index in [0.717, 1.165) is 5.69 Å². The summed E-state index contributed by atoms with van der Waals surface area (Å²) in [6.07, 6.45) is 2.03. The molecule has 1 aromatic carbocycles. The van der Waals surface area contributed by atoms with Gasteiger partial charge >= 0.3 is 6.03 Å². The fourth-order valence-electron chi connectivity index (χ4n) is 2.50. The number of imide groups is 1. The molecule has 9 heteroatoms. The Morgan fingerprint density at radius 1 is 1.28 bits per heavy atom. The summed E-state index contributed by atoms with van der Waals surface area (Å²) in [5.41, 5.74) is 1.50. The highest BCUT2D eigenvalue weighted by Gasteiger charge is 2.29. The molecule has 0 saturated carbocycles. The molecule has 2 heterocycles. The van der Waals surface area contributed by atoms with Gasteiger partial charge in [-0.05, 0) is 18.6 Å². The standard InChI is InChI=1S/C16H18N6O3/c1-21(14(23)8-7-13-15(24)19-16(25)18-13)10-11-9-17-22(20-11)12-5-3-2-4-6-12/h2-6,9,13H,7-8,10H2,1H3,(H2,18,19,24,25)/t13-/m1/s1. The maximum Gasteiger partial charge on any atom is 0.322 e. The number of hydrogen-bond acceptors (Lipinski definition) is 5. The van der Waals surface area contributed by atoms with Crippen molar-refractivity contribution in [3.8, 4) is 5.69 Å². The van der Waals surface area contributed by atoms with Gasteiger partial charge in [0.05, 0.1) is 18.4 Å². The Bertz CT molecular complexity index is 788. The van der Waals surface area contributed by atoms with E-state index in [1.165, 1.54) is 9.70 Å². The third kappa shape index (κ3) is 4.00. The Hall–Kier alpha value is -3.23. The van der Waals surface area contributed by atoms with Gasteiger partial charge in [0.1, 0.15) is 11.7 Å². The van der Waals surface area contributed by atoms with Crippen LogP contribution in [0.1, 0.15) is 18.5 Å². The van der Waals surface area contributed by atoms with Crippen LogP contribution in [0.5, 0.6) is 0 Å². The van der Waals surface area contributed by atoms with Crippen molar-refractivity contribution < 1.29 is 14.4 Å². The maximum absolute atomic E-state index is 12.2. The number of nitrogens with one attached hydrogen (secondary N) is 2. The van der Waals surface area contributed by atoms with Gasteiger partial charge in [-0.25, -0.2) is 4.79 Å². The topological polar surface area (TPSA) is 109 Å². The lowest BCUT2D eigenvalue weighted by Crippen LogP contribution is -2.32. The predicted octanol–water partition coefficient (Wildman–Crippen LogP) is 0.214. The first-order valence-corrected chi connectivity index (χ1v) is 7.85. The number of carbonyl (C=O) groups excluding carboxylic acids is 3. The summed E-state index contributed by atoms with van der Waals surface area (Å²) in [6, 6.07) is 8.31. The molecule has 1 aliphatic heterocycles. The van der Waals surface area contributed by atoms with Gasteiger partial charge in [-0.2, -0.15) is 15.0 Å². The molecule has 0 spiro atoms. The first-order valence-electron chi connectivity index (χ1n) is 7.85. The zero-order valence-corrected chi connectivity index (χ0v) is 13.7. The summed E-state index contributed by atoms with van der Waals surface area (Å²) in [6.45, 7) is 0.314. The molecule has 0 unspecified atom stereocenters. The molecule has 1 aliphatic rings. The van der Waals surface area contributed by atoms with Crippen LogP contribution in [-0.4, -0.2) is 50.8 Å². The van der Waals surface area contributed by atoms with Crippen molar-refractivity contribution in [1.82, 2.24) is 30.5 Å². The minimum atomic E-state index is -0.649. The van der Waals surface area contributed by atoms with Crippen molar-refractivity contribution in [2.24, 2.45) is 0 Å². The van der Waals surface area contributed by atoms with Crippen molar-refractivity contribution in [3.05, 3.63) is 42.2 Å². The summed E-state index contributed by atoms with van der Waals surface area (Å²) in [4.78, 5) is 37.7. The van der Waals surface area contributed by atoms with E-state index in [4.69, 9.17) is 0 Å². The number of benzene rings is 1. The van der Waals surface area contributed by atoms with Gasteiger partial charge in [0, 0.05) is 13.5 Å². The normalized spacial score (nSPS) is 16.4. The van der Waals surface area contributed by atoms with Crippen LogP contribution >= 0.6 is 0 Å². The van der Waals surface area contributed by atoms with E-state index >= 15 is 0 Å². The van der Waals surface area contributed by atoms with E-state index in [0.29, 0.717) is 12.2 Å². The van der Waals surface area contributed by atoms with Crippen LogP contribution in [0.4, 0.5) is 4.79 Å². The molecule has 4 amide bonds. The zero-order valence-electron chi connectivity index (χ0n) is 13.7. The van der Waals surface area contributed by atoms with Crippen LogP contribution in [0, 0.1) is 0 Å². The molecular weight excluding hydrogens is 324 g/mol. The number of rotatable bonds is 6. The highest BCUT2D eigenvalue weighted by Crippen LogP contribution is 2.08. The van der Waals surface area contributed by atoms with Crippen LogP contribution in [0.3, 0.4) is 0 Å². The molecule has 1 atom stereocenters. The number of nitrogens with zero attached hydrogens (tertiary/aromatic N) is 4. The van der Waals surface area contributed by atoms with Crippen LogP contribution in [0.15, 0.2) is 36.5 Å². The number of hydrogen-bond donors (Lipinski definition) is 2. The molecule has 25 heavy (non-hydrogen) atoms. The number of aromatic nitrogens is 3. The SMILES string of the molecule is CN(Cc1cnn(-c2ccccc2)n1)C(=O)CC[C@H]1NC(=O)NC1=O. The molecule has 2 N–H and O–H groups in total. The smallest absolute Gasteiger partial charge is 0.322 e. The van der Waals surface area contributed by atoms with Crippen molar-refractivity contribution in [2.75, 3.05) is 7.05 Å². The number of para-hydroxylation sites is 1. The third-order valence-corrected chi connectivity index (χ3v) is 3.86. The second-order valence-corrected chi connectivity index (χ2v) is 5.76. The molecule has 130 valence electrons. The molecule has 1 saturated heterocycles. The Labute approximate surface area is 144 Å². The van der Waals surface area contributed by atoms with E-state index in [-0.39, 0.29) is 18.7 Å². The monoisotopic (exact) mass is 342 g/mol. The van der Waals surface area contributed by atoms with Crippen molar-refractivity contribution in [1.29, 1.82) is 0 Å². The Balaban J connectivity index is 1.52. The quantitative estimate of drug-likeness (QED) is 0.730. The molecule has 0 aliphatic carbocycles. The fraction of sp³-hybridized carbons (Fsp3) is 0.312. The average Bonchev–Trinajstić information content (AvgIpc) is 3.19. The van der Waals surface area contributed by atoms with Crippen molar-refractivity contribution >= 4 is 17.8 Å². The highest BCUT2D eigenvalue weighted by molar-refractivity contribution is 6.04. The van der Waals surface area contributed by atoms with Gasteiger partial charge in [0.2, 0.25) is 5.91 Å². The van der Waals surface area contributed by atoms with E-state index < -0.39 is 18.0 Å². The minimum absolute atomic E-state index is 0.136. The van der Waals surface area contributed by atoms with Gasteiger partial charge in [0.15, 0.2) is 0 Å². The van der Waals surface area contributed by atoms with Crippen LogP contribution in [-0.2, 0) is 16.1 Å². The zero-order chi connectivity index (χ0) is 17.8. The second kappa shape index (κ2) is 7.12. The fourth-order valence-corrected chi connectivity index (χ4v) is 2.50. The molecule has 2 aromatic rings. The summed E-state index contributed by atoms with van der Waals surface area (Å²) in [7, 11) is 1.66. The largest absolute Gasteiger partial charge is 0.340 e. The summed E-state index contributed by atoms with van der Waals surface area (Å²) in [5.74, 6) is -0.533. The first-order chi connectivity index (χ1) is 12.0. The summed E-state index contributed by atoms with van der Waals surface area (Å²) < 4.78 is 0. The first kappa shape index (κ1) is 16.6. The highest BCUT2D eigenvalue weighted by atomic mass is 16.2. The van der Waals surface area contributed by atoms with Gasteiger partial charge in [0.25, 0.3) is 5.91 Å². The third-order valence-electron chi connectivity index (χ3n) is 3.86. The summed E-state index contributed by atoms with van der Waals surface area (Å²) >= 11 is 0. The molecule has 3 rings (SSSR count). The Morgan fingerprint density at radius 3 is 2.72 bits per heavy atom. The van der Waals surface area contributed by atoms with Crippen LogP contribution in [0.2, 0.25) is 0 Å². The predicted molar refractivity (Wildman–Crippen MR) is 87.5 cm³/mol. The second-order valence-electron chi connectivity index (χ2n) is 5.76. The maximum atomic E-state index is 12.2. The van der Waals surface area contributed by atoms with E-state index in [9.17, 15) is 14.4 Å². The van der Waals surface area contributed by atoms with Crippen molar-refractivity contribution in [3.63, 3.8) is 0 Å². The Morgan fingerprint density at radius 2 is 2.04 bits per heavy atom. The number of urea groups is 1. The van der Waals surface area contributed by atoms with Gasteiger partial charge in [-0.1, -0.05) is 18.2 Å². The molecular formula is C16H18N6O3. The molecule has 1 aromatic heterocycles. The number of amides is 4. The van der Waals surface area contributed by atoms with Crippen LogP contribution in [0.25, 0.3) is 5.69 Å².